The van der Waals surface area contributed by atoms with E-state index in [9.17, 15) is 0 Å². The molecule has 1 aromatic rings. The number of hydrogen-bond acceptors (Lipinski definition) is 0. The lowest BCUT2D eigenvalue weighted by Gasteiger charge is -2.30. The molecule has 27 heavy (non-hydrogen) atoms. The molecule has 147 valence electrons. The molecule has 1 radical (unpaired) electrons. The van der Waals surface area contributed by atoms with Crippen molar-refractivity contribution in [2.24, 2.45) is 11.8 Å². The standard InChI is InChI=1S/C26H39Si/c1-3-22(24-14-8-5-9-15-24)20-27(26-18-12-7-13-19-26)21-23(4-2)25-16-10-6-11-17-25/h3-4,7,12-13,18-19,24-25H,5-6,8-11,14-17,20-21H2,1-2H3/b22-3-,23-4-. The highest BCUT2D eigenvalue weighted by molar-refractivity contribution is 6.74. The first-order valence-corrected chi connectivity index (χ1v) is 13.4. The van der Waals surface area contributed by atoms with E-state index in [0.717, 1.165) is 11.8 Å². The molecule has 2 saturated carbocycles. The van der Waals surface area contributed by atoms with E-state index in [-0.39, 0.29) is 0 Å². The molecule has 2 fully saturated rings. The molecule has 2 aliphatic rings. The summed E-state index contributed by atoms with van der Waals surface area (Å²) in [6.07, 6.45) is 19.4. The van der Waals surface area contributed by atoms with Gasteiger partial charge in [0.15, 0.2) is 0 Å². The average Bonchev–Trinajstić information content (AvgIpc) is 2.76. The van der Waals surface area contributed by atoms with Crippen LogP contribution in [0.25, 0.3) is 0 Å². The second kappa shape index (κ2) is 11.0. The highest BCUT2D eigenvalue weighted by Crippen LogP contribution is 2.36. The Morgan fingerprint density at radius 2 is 1.19 bits per heavy atom. The lowest BCUT2D eigenvalue weighted by atomic mass is 9.84. The van der Waals surface area contributed by atoms with Crippen LogP contribution in [-0.4, -0.2) is 8.80 Å². The molecule has 1 heteroatoms. The Morgan fingerprint density at radius 3 is 1.59 bits per heavy atom. The Kier molecular flexibility index (Phi) is 8.45. The van der Waals surface area contributed by atoms with Gasteiger partial charge in [0, 0.05) is 0 Å². The van der Waals surface area contributed by atoms with Gasteiger partial charge in [-0.1, -0.05) is 97.3 Å². The molecule has 0 unspecified atom stereocenters. The van der Waals surface area contributed by atoms with Crippen molar-refractivity contribution in [3.05, 3.63) is 53.6 Å². The van der Waals surface area contributed by atoms with Gasteiger partial charge in [-0.05, 0) is 63.5 Å². The third-order valence-corrected chi connectivity index (χ3v) is 9.84. The highest BCUT2D eigenvalue weighted by Gasteiger charge is 2.26. The van der Waals surface area contributed by atoms with Gasteiger partial charge in [0.05, 0.1) is 8.80 Å². The molecular formula is C26H39Si. The van der Waals surface area contributed by atoms with Crippen LogP contribution in [0.15, 0.2) is 53.6 Å². The molecule has 3 rings (SSSR count). The fourth-order valence-corrected chi connectivity index (χ4v) is 8.51. The first kappa shape index (κ1) is 20.6. The van der Waals surface area contributed by atoms with Crippen LogP contribution < -0.4 is 5.19 Å². The van der Waals surface area contributed by atoms with Crippen LogP contribution in [0.2, 0.25) is 12.1 Å². The Balaban J connectivity index is 1.76. The second-order valence-electron chi connectivity index (χ2n) is 8.72. The third kappa shape index (κ3) is 5.94. The molecule has 2 aliphatic carbocycles. The molecule has 0 bridgehead atoms. The van der Waals surface area contributed by atoms with Crippen molar-refractivity contribution in [2.75, 3.05) is 0 Å². The Hall–Kier alpha value is -1.08. The largest absolute Gasteiger partial charge is 0.0940 e. The molecule has 0 nitrogen and oxygen atoms in total. The van der Waals surface area contributed by atoms with Gasteiger partial charge in [-0.25, -0.2) is 0 Å². The van der Waals surface area contributed by atoms with Crippen molar-refractivity contribution in [3.63, 3.8) is 0 Å². The summed E-state index contributed by atoms with van der Waals surface area (Å²) in [5, 5.41) is 1.65. The summed E-state index contributed by atoms with van der Waals surface area (Å²) >= 11 is 0. The first-order valence-electron chi connectivity index (χ1n) is 11.5. The zero-order valence-electron chi connectivity index (χ0n) is 17.7. The van der Waals surface area contributed by atoms with Gasteiger partial charge in [0.25, 0.3) is 0 Å². The van der Waals surface area contributed by atoms with Gasteiger partial charge >= 0.3 is 0 Å². The van der Waals surface area contributed by atoms with Crippen LogP contribution >= 0.6 is 0 Å². The number of hydrogen-bond donors (Lipinski definition) is 0. The lowest BCUT2D eigenvalue weighted by molar-refractivity contribution is 0.400. The molecule has 0 amide bonds. The molecule has 1 aromatic carbocycles. The topological polar surface area (TPSA) is 0 Å². The maximum absolute atomic E-state index is 2.49. The molecule has 0 saturated heterocycles. The summed E-state index contributed by atoms with van der Waals surface area (Å²) < 4.78 is 0. The summed E-state index contributed by atoms with van der Waals surface area (Å²) in [5.74, 6) is 1.74. The van der Waals surface area contributed by atoms with E-state index in [2.05, 4.69) is 56.3 Å². The van der Waals surface area contributed by atoms with Crippen LogP contribution in [0.3, 0.4) is 0 Å². The van der Waals surface area contributed by atoms with Crippen LogP contribution in [0.1, 0.15) is 78.1 Å². The van der Waals surface area contributed by atoms with Crippen molar-refractivity contribution in [1.82, 2.24) is 0 Å². The van der Waals surface area contributed by atoms with E-state index >= 15 is 0 Å². The maximum atomic E-state index is 2.49. The van der Waals surface area contributed by atoms with Crippen LogP contribution in [0, 0.1) is 11.8 Å². The number of benzene rings is 1. The summed E-state index contributed by atoms with van der Waals surface area (Å²) in [4.78, 5) is 0. The van der Waals surface area contributed by atoms with Gasteiger partial charge in [-0.3, -0.25) is 0 Å². The maximum Gasteiger partial charge on any atom is 0.0940 e. The third-order valence-electron chi connectivity index (χ3n) is 7.02. The van der Waals surface area contributed by atoms with E-state index in [4.69, 9.17) is 0 Å². The predicted octanol–water partition coefficient (Wildman–Crippen LogP) is 7.44. The average molecular weight is 380 g/mol. The van der Waals surface area contributed by atoms with Crippen molar-refractivity contribution < 1.29 is 0 Å². The smallest absolute Gasteiger partial charge is 0.0885 e. The Morgan fingerprint density at radius 1 is 0.741 bits per heavy atom. The van der Waals surface area contributed by atoms with Gasteiger partial charge in [0.2, 0.25) is 0 Å². The minimum Gasteiger partial charge on any atom is -0.0885 e. The lowest BCUT2D eigenvalue weighted by Crippen LogP contribution is -2.32. The van der Waals surface area contributed by atoms with E-state index in [1.807, 2.05) is 0 Å². The van der Waals surface area contributed by atoms with Crippen LogP contribution in [0.4, 0.5) is 0 Å². The monoisotopic (exact) mass is 379 g/mol. The van der Waals surface area contributed by atoms with Gasteiger partial charge in [-0.15, -0.1) is 0 Å². The Labute approximate surface area is 169 Å². The normalized spacial score (nSPS) is 21.0. The van der Waals surface area contributed by atoms with Crippen molar-refractivity contribution >= 4 is 14.0 Å². The molecule has 0 heterocycles. The molecular weight excluding hydrogens is 340 g/mol. The fraction of sp³-hybridized carbons (Fsp3) is 0.615. The number of allylic oxidation sites excluding steroid dienone is 4. The minimum absolute atomic E-state index is 0.577. The van der Waals surface area contributed by atoms with E-state index < -0.39 is 8.80 Å². The minimum atomic E-state index is -0.577. The van der Waals surface area contributed by atoms with E-state index in [1.165, 1.54) is 76.3 Å². The SMILES string of the molecule is C/C=C(/C[Si](C/C(=C/C)C1CCCCC1)c1ccccc1)C1CCCCC1. The second-order valence-corrected chi connectivity index (χ2v) is 11.2. The first-order chi connectivity index (χ1) is 13.3. The molecule has 0 atom stereocenters. The van der Waals surface area contributed by atoms with E-state index in [1.54, 1.807) is 16.3 Å². The zero-order valence-corrected chi connectivity index (χ0v) is 18.7. The predicted molar refractivity (Wildman–Crippen MR) is 122 cm³/mol. The van der Waals surface area contributed by atoms with Crippen LogP contribution in [-0.2, 0) is 0 Å². The van der Waals surface area contributed by atoms with Crippen molar-refractivity contribution in [2.45, 2.75) is 90.1 Å². The quantitative estimate of drug-likeness (QED) is 0.341. The van der Waals surface area contributed by atoms with E-state index in [0.29, 0.717) is 0 Å². The van der Waals surface area contributed by atoms with Gasteiger partial charge in [-0.2, -0.15) is 0 Å². The van der Waals surface area contributed by atoms with Crippen molar-refractivity contribution in [1.29, 1.82) is 0 Å². The fourth-order valence-electron chi connectivity index (χ4n) is 5.34. The highest BCUT2D eigenvalue weighted by atomic mass is 28.3. The molecule has 0 N–H and O–H groups in total. The van der Waals surface area contributed by atoms with Crippen molar-refractivity contribution in [3.8, 4) is 0 Å². The zero-order chi connectivity index (χ0) is 18.9. The molecule has 0 aliphatic heterocycles. The summed E-state index contributed by atoms with van der Waals surface area (Å²) in [6, 6.07) is 14.2. The number of rotatable bonds is 7. The summed E-state index contributed by atoms with van der Waals surface area (Å²) in [7, 11) is -0.577. The van der Waals surface area contributed by atoms with Crippen LogP contribution in [0.5, 0.6) is 0 Å². The summed E-state index contributed by atoms with van der Waals surface area (Å²) in [5.41, 5.74) is 3.57. The molecule has 0 aromatic heterocycles. The summed E-state index contributed by atoms with van der Waals surface area (Å²) in [6.45, 7) is 4.60. The Bertz CT molecular complexity index is 564. The van der Waals surface area contributed by atoms with Gasteiger partial charge < -0.3 is 0 Å². The van der Waals surface area contributed by atoms with Gasteiger partial charge in [0.1, 0.15) is 0 Å². The molecule has 0 spiro atoms.